The highest BCUT2D eigenvalue weighted by Crippen LogP contribution is 2.44. The lowest BCUT2D eigenvalue weighted by Gasteiger charge is -2.13. The fourth-order valence-electron chi connectivity index (χ4n) is 1.44. The smallest absolute Gasteiger partial charge is 0.343 e. The Hall–Kier alpha value is -1.66. The summed E-state index contributed by atoms with van der Waals surface area (Å²) in [5.41, 5.74) is -1.02. The molecule has 20 heavy (non-hydrogen) atoms. The van der Waals surface area contributed by atoms with Crippen LogP contribution in [-0.2, 0) is 9.47 Å². The van der Waals surface area contributed by atoms with E-state index in [2.05, 4.69) is 9.47 Å². The van der Waals surface area contributed by atoms with Crippen molar-refractivity contribution in [2.75, 3.05) is 13.2 Å². The molecule has 0 heterocycles. The van der Waals surface area contributed by atoms with E-state index in [1.807, 2.05) is 0 Å². The number of rotatable bonds is 4. The maximum atomic E-state index is 11.6. The molecule has 0 aliphatic carbocycles. The Kier molecular flexibility index (Phi) is 5.47. The van der Waals surface area contributed by atoms with Gasteiger partial charge in [-0.3, -0.25) is 0 Å². The number of benzene rings is 1. The summed E-state index contributed by atoms with van der Waals surface area (Å²) in [6, 6.07) is 0. The van der Waals surface area contributed by atoms with Gasteiger partial charge in [-0.25, -0.2) is 9.59 Å². The molecular weight excluding hydrogens is 311 g/mol. The monoisotopic (exact) mass is 322 g/mol. The highest BCUT2D eigenvalue weighted by Gasteiger charge is 2.30. The molecule has 0 saturated carbocycles. The van der Waals surface area contributed by atoms with Crippen molar-refractivity contribution in [1.29, 1.82) is 0 Å². The Morgan fingerprint density at radius 1 is 0.900 bits per heavy atom. The van der Waals surface area contributed by atoms with Crippen LogP contribution >= 0.6 is 23.2 Å². The van der Waals surface area contributed by atoms with E-state index >= 15 is 0 Å². The Labute approximate surface area is 124 Å². The van der Waals surface area contributed by atoms with Crippen LogP contribution in [0.4, 0.5) is 0 Å². The quantitative estimate of drug-likeness (QED) is 0.654. The molecule has 0 aromatic heterocycles. The normalized spacial score (nSPS) is 10.2. The predicted octanol–water partition coefficient (Wildman–Crippen LogP) is 2.76. The largest absolute Gasteiger partial charge is 0.505 e. The van der Waals surface area contributed by atoms with Gasteiger partial charge in [0.25, 0.3) is 0 Å². The van der Waals surface area contributed by atoms with Crippen molar-refractivity contribution < 1.29 is 29.3 Å². The van der Waals surface area contributed by atoms with E-state index in [4.69, 9.17) is 23.2 Å². The summed E-state index contributed by atoms with van der Waals surface area (Å²) in [4.78, 5) is 23.3. The first-order valence-corrected chi connectivity index (χ1v) is 6.39. The summed E-state index contributed by atoms with van der Waals surface area (Å²) in [6.45, 7) is 3.17. The third-order valence-corrected chi connectivity index (χ3v) is 3.02. The van der Waals surface area contributed by atoms with E-state index in [1.165, 1.54) is 0 Å². The molecule has 0 unspecified atom stereocenters. The fourth-order valence-corrected chi connectivity index (χ4v) is 1.97. The van der Waals surface area contributed by atoms with E-state index in [9.17, 15) is 19.8 Å². The molecule has 0 aliphatic rings. The number of phenols is 2. The van der Waals surface area contributed by atoms with Crippen LogP contribution in [0.15, 0.2) is 0 Å². The third-order valence-electron chi connectivity index (χ3n) is 2.29. The Morgan fingerprint density at radius 3 is 1.45 bits per heavy atom. The van der Waals surface area contributed by atoms with Gasteiger partial charge in [-0.1, -0.05) is 23.2 Å². The van der Waals surface area contributed by atoms with Gasteiger partial charge in [0, 0.05) is 0 Å². The molecule has 110 valence electrons. The molecule has 0 saturated heterocycles. The van der Waals surface area contributed by atoms with Crippen molar-refractivity contribution in [1.82, 2.24) is 0 Å². The number of carbonyl (C=O) groups is 2. The second kappa shape index (κ2) is 6.67. The molecule has 0 fully saturated rings. The first-order valence-electron chi connectivity index (χ1n) is 5.63. The number of aromatic hydroxyl groups is 2. The minimum Gasteiger partial charge on any atom is -0.505 e. The SMILES string of the molecule is CCOC(=O)c1c(O)c(Cl)c(C(=O)OCC)c(O)c1Cl. The van der Waals surface area contributed by atoms with Crippen molar-refractivity contribution >= 4 is 35.1 Å². The first-order chi connectivity index (χ1) is 9.36. The minimum atomic E-state index is -0.970. The number of carbonyl (C=O) groups excluding carboxylic acids is 2. The van der Waals surface area contributed by atoms with Crippen LogP contribution in [0.1, 0.15) is 34.6 Å². The summed E-state index contributed by atoms with van der Waals surface area (Å²) >= 11 is 11.5. The van der Waals surface area contributed by atoms with Crippen LogP contribution in [0.2, 0.25) is 10.0 Å². The molecule has 0 bridgehead atoms. The number of esters is 2. The Balaban J connectivity index is 3.49. The lowest BCUT2D eigenvalue weighted by molar-refractivity contribution is 0.0505. The van der Waals surface area contributed by atoms with Crippen molar-refractivity contribution in [3.63, 3.8) is 0 Å². The maximum absolute atomic E-state index is 11.6. The second-order valence-electron chi connectivity index (χ2n) is 3.52. The fraction of sp³-hybridized carbons (Fsp3) is 0.333. The third kappa shape index (κ3) is 2.91. The first kappa shape index (κ1) is 16.4. The molecular formula is C12H12Cl2O6. The van der Waals surface area contributed by atoms with Gasteiger partial charge in [0.15, 0.2) is 11.5 Å². The molecule has 6 nitrogen and oxygen atoms in total. The number of halogens is 2. The summed E-state index contributed by atoms with van der Waals surface area (Å²) in [6.07, 6.45) is 0. The van der Waals surface area contributed by atoms with Gasteiger partial charge in [-0.05, 0) is 13.8 Å². The highest BCUT2D eigenvalue weighted by molar-refractivity contribution is 6.40. The second-order valence-corrected chi connectivity index (χ2v) is 4.27. The molecule has 1 aromatic rings. The van der Waals surface area contributed by atoms with Gasteiger partial charge < -0.3 is 19.7 Å². The topological polar surface area (TPSA) is 93.1 Å². The van der Waals surface area contributed by atoms with E-state index in [0.29, 0.717) is 0 Å². The Bertz CT molecular complexity index is 477. The minimum absolute atomic E-state index is 0.0343. The number of ether oxygens (including phenoxy) is 2. The van der Waals surface area contributed by atoms with Crippen molar-refractivity contribution in [2.45, 2.75) is 13.8 Å². The maximum Gasteiger partial charge on any atom is 0.343 e. The molecule has 1 aromatic carbocycles. The van der Waals surface area contributed by atoms with Crippen LogP contribution in [0.25, 0.3) is 0 Å². The summed E-state index contributed by atoms with van der Waals surface area (Å²) in [7, 11) is 0. The van der Waals surface area contributed by atoms with Gasteiger partial charge in [0.1, 0.15) is 21.2 Å². The van der Waals surface area contributed by atoms with E-state index in [1.54, 1.807) is 13.8 Å². The molecule has 1 rings (SSSR count). The zero-order chi connectivity index (χ0) is 15.4. The lowest BCUT2D eigenvalue weighted by atomic mass is 10.1. The number of hydrogen-bond acceptors (Lipinski definition) is 6. The Morgan fingerprint density at radius 2 is 1.20 bits per heavy atom. The molecule has 0 aliphatic heterocycles. The van der Waals surface area contributed by atoms with Gasteiger partial charge >= 0.3 is 11.9 Å². The molecule has 2 N–H and O–H groups in total. The van der Waals surface area contributed by atoms with Crippen LogP contribution in [0.5, 0.6) is 11.5 Å². The van der Waals surface area contributed by atoms with E-state index in [-0.39, 0.29) is 13.2 Å². The van der Waals surface area contributed by atoms with E-state index < -0.39 is 44.6 Å². The van der Waals surface area contributed by atoms with Gasteiger partial charge in [0.2, 0.25) is 0 Å². The zero-order valence-corrected chi connectivity index (χ0v) is 12.2. The van der Waals surface area contributed by atoms with Crippen LogP contribution < -0.4 is 0 Å². The van der Waals surface area contributed by atoms with Gasteiger partial charge in [0.05, 0.1) is 13.2 Å². The molecule has 8 heteroatoms. The molecule has 0 amide bonds. The van der Waals surface area contributed by atoms with Crippen molar-refractivity contribution in [3.05, 3.63) is 21.2 Å². The van der Waals surface area contributed by atoms with Gasteiger partial charge in [-0.15, -0.1) is 0 Å². The van der Waals surface area contributed by atoms with Crippen LogP contribution in [-0.4, -0.2) is 35.4 Å². The molecule has 0 spiro atoms. The molecule has 0 radical (unpaired) electrons. The average molecular weight is 323 g/mol. The van der Waals surface area contributed by atoms with Gasteiger partial charge in [-0.2, -0.15) is 0 Å². The summed E-state index contributed by atoms with van der Waals surface area (Å²) in [5, 5.41) is 18.7. The van der Waals surface area contributed by atoms with Crippen molar-refractivity contribution in [2.24, 2.45) is 0 Å². The molecule has 0 atom stereocenters. The van der Waals surface area contributed by atoms with Crippen LogP contribution in [0, 0.1) is 0 Å². The number of phenolic OH excluding ortho intramolecular Hbond substituents is 2. The summed E-state index contributed by atoms with van der Waals surface area (Å²) < 4.78 is 9.36. The standard InChI is InChI=1S/C12H12Cl2O6/c1-3-19-11(17)5-7(13)10(16)6(8(14)9(5)15)12(18)20-4-2/h15-16H,3-4H2,1-2H3. The average Bonchev–Trinajstić information content (AvgIpc) is 2.37. The highest BCUT2D eigenvalue weighted by atomic mass is 35.5. The van der Waals surface area contributed by atoms with Crippen molar-refractivity contribution in [3.8, 4) is 11.5 Å². The predicted molar refractivity (Wildman–Crippen MR) is 71.7 cm³/mol. The zero-order valence-electron chi connectivity index (χ0n) is 10.7. The number of hydrogen-bond donors (Lipinski definition) is 2. The summed E-state index contributed by atoms with van der Waals surface area (Å²) in [5.74, 6) is -3.45. The van der Waals surface area contributed by atoms with Crippen LogP contribution in [0.3, 0.4) is 0 Å². The van der Waals surface area contributed by atoms with E-state index in [0.717, 1.165) is 0 Å². The lowest BCUT2D eigenvalue weighted by Crippen LogP contribution is -2.11.